The number of halogens is 1. The van der Waals surface area contributed by atoms with Crippen molar-refractivity contribution < 1.29 is 9.18 Å². The highest BCUT2D eigenvalue weighted by atomic mass is 19.1. The van der Waals surface area contributed by atoms with Crippen LogP contribution >= 0.6 is 0 Å². The van der Waals surface area contributed by atoms with Crippen molar-refractivity contribution in [3.8, 4) is 0 Å². The van der Waals surface area contributed by atoms with E-state index in [1.54, 1.807) is 19.1 Å². The molecular weight excluding hydrogens is 229 g/mol. The van der Waals surface area contributed by atoms with Crippen LogP contribution in [0.15, 0.2) is 18.2 Å². The highest BCUT2D eigenvalue weighted by Crippen LogP contribution is 2.37. The van der Waals surface area contributed by atoms with Gasteiger partial charge in [0.05, 0.1) is 0 Å². The fourth-order valence-corrected chi connectivity index (χ4v) is 2.62. The van der Waals surface area contributed by atoms with Gasteiger partial charge in [-0.3, -0.25) is 4.79 Å². The first-order valence-corrected chi connectivity index (χ1v) is 6.47. The average molecular weight is 249 g/mol. The van der Waals surface area contributed by atoms with Crippen LogP contribution in [-0.2, 0) is 0 Å². The molecule has 98 valence electrons. The van der Waals surface area contributed by atoms with Gasteiger partial charge in [-0.2, -0.15) is 0 Å². The lowest BCUT2D eigenvalue weighted by Gasteiger charge is -2.27. The van der Waals surface area contributed by atoms with E-state index in [1.807, 2.05) is 0 Å². The molecule has 0 heterocycles. The van der Waals surface area contributed by atoms with E-state index in [4.69, 9.17) is 0 Å². The molecule has 0 aliphatic heterocycles. The zero-order valence-electron chi connectivity index (χ0n) is 11.2. The predicted molar refractivity (Wildman–Crippen MR) is 70.0 cm³/mol. The molecule has 0 radical (unpaired) electrons. The van der Waals surface area contributed by atoms with Crippen LogP contribution in [0, 0.1) is 18.2 Å². The minimum Gasteiger partial charge on any atom is -0.349 e. The van der Waals surface area contributed by atoms with E-state index in [1.165, 1.54) is 6.07 Å². The Kier molecular flexibility index (Phi) is 3.42. The number of carbonyl (C=O) groups excluding carboxylic acids is 1. The topological polar surface area (TPSA) is 29.1 Å². The molecule has 1 unspecified atom stereocenters. The van der Waals surface area contributed by atoms with Crippen molar-refractivity contribution in [1.29, 1.82) is 0 Å². The summed E-state index contributed by atoms with van der Waals surface area (Å²) in [6.07, 6.45) is 3.32. The number of hydrogen-bond acceptors (Lipinski definition) is 1. The second kappa shape index (κ2) is 4.71. The van der Waals surface area contributed by atoms with E-state index in [-0.39, 0.29) is 23.2 Å². The van der Waals surface area contributed by atoms with Gasteiger partial charge in [-0.15, -0.1) is 0 Å². The van der Waals surface area contributed by atoms with Crippen molar-refractivity contribution in [3.63, 3.8) is 0 Å². The molecule has 1 aromatic rings. The van der Waals surface area contributed by atoms with E-state index in [0.717, 1.165) is 19.3 Å². The first kappa shape index (κ1) is 13.1. The molecule has 1 aliphatic carbocycles. The van der Waals surface area contributed by atoms with Gasteiger partial charge >= 0.3 is 0 Å². The molecule has 2 nitrogen and oxygen atoms in total. The smallest absolute Gasteiger partial charge is 0.251 e. The molecule has 1 fully saturated rings. The molecular formula is C15H20FNO. The summed E-state index contributed by atoms with van der Waals surface area (Å²) in [6.45, 7) is 6.04. The Morgan fingerprint density at radius 2 is 2.17 bits per heavy atom. The fourth-order valence-electron chi connectivity index (χ4n) is 2.62. The van der Waals surface area contributed by atoms with Crippen LogP contribution in [0.3, 0.4) is 0 Å². The maximum absolute atomic E-state index is 13.2. The Hall–Kier alpha value is -1.38. The molecule has 1 amide bonds. The number of carbonyl (C=O) groups is 1. The molecule has 1 aromatic carbocycles. The Bertz CT molecular complexity index is 468. The monoisotopic (exact) mass is 249 g/mol. The number of benzene rings is 1. The third-order valence-electron chi connectivity index (χ3n) is 3.98. The molecule has 0 bridgehead atoms. The molecule has 1 atom stereocenters. The highest BCUT2D eigenvalue weighted by molar-refractivity contribution is 5.94. The Balaban J connectivity index is 2.10. The Morgan fingerprint density at radius 1 is 1.44 bits per heavy atom. The van der Waals surface area contributed by atoms with Gasteiger partial charge in [-0.1, -0.05) is 20.3 Å². The summed E-state index contributed by atoms with van der Waals surface area (Å²) >= 11 is 0. The standard InChI is InChI=1S/C15H20FNO/c1-10-9-11(6-7-12(10)16)14(18)17-13-5-4-8-15(13,2)3/h6-7,9,13H,4-5,8H2,1-3H3,(H,17,18). The van der Waals surface area contributed by atoms with E-state index < -0.39 is 0 Å². The first-order valence-electron chi connectivity index (χ1n) is 6.47. The maximum Gasteiger partial charge on any atom is 0.251 e. The van der Waals surface area contributed by atoms with E-state index >= 15 is 0 Å². The van der Waals surface area contributed by atoms with Gasteiger partial charge in [0.25, 0.3) is 5.91 Å². The number of nitrogens with one attached hydrogen (secondary N) is 1. The third kappa shape index (κ3) is 2.55. The average Bonchev–Trinajstić information content (AvgIpc) is 2.62. The molecule has 0 spiro atoms. The van der Waals surface area contributed by atoms with Gasteiger partial charge < -0.3 is 5.32 Å². The minimum absolute atomic E-state index is 0.0990. The van der Waals surface area contributed by atoms with Gasteiger partial charge in [0.1, 0.15) is 5.82 Å². The summed E-state index contributed by atoms with van der Waals surface area (Å²) in [5.74, 6) is -0.370. The quantitative estimate of drug-likeness (QED) is 0.854. The van der Waals surface area contributed by atoms with Gasteiger partial charge in [0.2, 0.25) is 0 Å². The van der Waals surface area contributed by atoms with Crippen molar-refractivity contribution >= 4 is 5.91 Å². The van der Waals surface area contributed by atoms with Gasteiger partial charge in [0.15, 0.2) is 0 Å². The van der Waals surface area contributed by atoms with Crippen molar-refractivity contribution in [1.82, 2.24) is 5.32 Å². The maximum atomic E-state index is 13.2. The zero-order chi connectivity index (χ0) is 13.3. The Morgan fingerprint density at radius 3 is 2.72 bits per heavy atom. The summed E-state index contributed by atoms with van der Waals surface area (Å²) in [6, 6.07) is 4.71. The highest BCUT2D eigenvalue weighted by Gasteiger charge is 2.35. The number of aryl methyl sites for hydroxylation is 1. The number of rotatable bonds is 2. The molecule has 1 aliphatic rings. The van der Waals surface area contributed by atoms with Crippen molar-refractivity contribution in [2.24, 2.45) is 5.41 Å². The SMILES string of the molecule is Cc1cc(C(=O)NC2CCCC2(C)C)ccc1F. The molecule has 18 heavy (non-hydrogen) atoms. The summed E-state index contributed by atoms with van der Waals surface area (Å²) in [5.41, 5.74) is 1.20. The second-order valence-electron chi connectivity index (χ2n) is 5.87. The summed E-state index contributed by atoms with van der Waals surface area (Å²) in [7, 11) is 0. The van der Waals surface area contributed by atoms with Crippen LogP contribution in [0.2, 0.25) is 0 Å². The Labute approximate surface area is 108 Å². The molecule has 1 saturated carbocycles. The van der Waals surface area contributed by atoms with E-state index in [2.05, 4.69) is 19.2 Å². The summed E-state index contributed by atoms with van der Waals surface area (Å²) < 4.78 is 13.2. The van der Waals surface area contributed by atoms with Crippen LogP contribution < -0.4 is 5.32 Å². The van der Waals surface area contributed by atoms with Crippen LogP contribution in [0.5, 0.6) is 0 Å². The van der Waals surface area contributed by atoms with E-state index in [0.29, 0.717) is 11.1 Å². The van der Waals surface area contributed by atoms with Crippen molar-refractivity contribution in [2.45, 2.75) is 46.1 Å². The minimum atomic E-state index is -0.271. The van der Waals surface area contributed by atoms with Gasteiger partial charge in [0, 0.05) is 11.6 Å². The molecule has 1 N–H and O–H groups in total. The normalized spacial score (nSPS) is 21.9. The lowest BCUT2D eigenvalue weighted by atomic mass is 9.87. The summed E-state index contributed by atoms with van der Waals surface area (Å²) in [5, 5.41) is 3.07. The van der Waals surface area contributed by atoms with Crippen molar-refractivity contribution in [3.05, 3.63) is 35.1 Å². The number of hydrogen-bond donors (Lipinski definition) is 1. The molecule has 2 rings (SSSR count). The van der Waals surface area contributed by atoms with Crippen molar-refractivity contribution in [2.75, 3.05) is 0 Å². The van der Waals surface area contributed by atoms with Crippen LogP contribution in [-0.4, -0.2) is 11.9 Å². The van der Waals surface area contributed by atoms with Crippen LogP contribution in [0.25, 0.3) is 0 Å². The molecule has 0 saturated heterocycles. The zero-order valence-corrected chi connectivity index (χ0v) is 11.2. The van der Waals surface area contributed by atoms with Gasteiger partial charge in [-0.25, -0.2) is 4.39 Å². The third-order valence-corrected chi connectivity index (χ3v) is 3.98. The lowest BCUT2D eigenvalue weighted by molar-refractivity contribution is 0.0910. The second-order valence-corrected chi connectivity index (χ2v) is 5.87. The lowest BCUT2D eigenvalue weighted by Crippen LogP contribution is -2.41. The number of amides is 1. The van der Waals surface area contributed by atoms with Gasteiger partial charge in [-0.05, 0) is 48.9 Å². The largest absolute Gasteiger partial charge is 0.349 e. The fraction of sp³-hybridized carbons (Fsp3) is 0.533. The first-order chi connectivity index (χ1) is 8.40. The van der Waals surface area contributed by atoms with Crippen LogP contribution in [0.4, 0.5) is 4.39 Å². The van der Waals surface area contributed by atoms with Crippen LogP contribution in [0.1, 0.15) is 49.0 Å². The molecule has 3 heteroatoms. The summed E-state index contributed by atoms with van der Waals surface area (Å²) in [4.78, 5) is 12.1. The van der Waals surface area contributed by atoms with E-state index in [9.17, 15) is 9.18 Å². The predicted octanol–water partition coefficient (Wildman–Crippen LogP) is 3.44. The molecule has 0 aromatic heterocycles.